The summed E-state index contributed by atoms with van der Waals surface area (Å²) in [5.41, 5.74) is 8.95. The lowest BCUT2D eigenvalue weighted by Crippen LogP contribution is -2.06. The molecule has 3 rings (SSSR count). The SMILES string of the molecule is CCc1cccc(N=C(N)/C=C\c2n[nH]c(COc3cccnc3CC)n2)c1. The van der Waals surface area contributed by atoms with Gasteiger partial charge in [0.25, 0.3) is 0 Å². The Morgan fingerprint density at radius 3 is 2.93 bits per heavy atom. The van der Waals surface area contributed by atoms with Gasteiger partial charge in [0.1, 0.15) is 18.2 Å². The highest BCUT2D eigenvalue weighted by atomic mass is 16.5. The van der Waals surface area contributed by atoms with Gasteiger partial charge in [-0.25, -0.2) is 9.98 Å². The Morgan fingerprint density at radius 2 is 2.11 bits per heavy atom. The summed E-state index contributed by atoms with van der Waals surface area (Å²) in [6.45, 7) is 4.43. The second-order valence-corrected chi connectivity index (χ2v) is 6.12. The van der Waals surface area contributed by atoms with Crippen molar-refractivity contribution >= 4 is 17.6 Å². The van der Waals surface area contributed by atoms with E-state index < -0.39 is 0 Å². The first-order valence-corrected chi connectivity index (χ1v) is 9.27. The number of pyridine rings is 1. The lowest BCUT2D eigenvalue weighted by atomic mass is 10.1. The van der Waals surface area contributed by atoms with Crippen molar-refractivity contribution in [3.05, 3.63) is 71.6 Å². The van der Waals surface area contributed by atoms with E-state index in [9.17, 15) is 0 Å². The molecule has 7 heteroatoms. The molecule has 1 aromatic carbocycles. The lowest BCUT2D eigenvalue weighted by molar-refractivity contribution is 0.292. The number of nitrogens with two attached hydrogens (primary N) is 1. The fraction of sp³-hybridized carbons (Fsp3) is 0.238. The lowest BCUT2D eigenvalue weighted by Gasteiger charge is -2.07. The zero-order chi connectivity index (χ0) is 19.8. The standard InChI is InChI=1S/C21H24N6O/c1-3-15-7-5-8-16(13-15)24-19(22)10-11-20-25-21(27-26-20)14-28-18-9-6-12-23-17(18)4-2/h5-13H,3-4,14H2,1-2H3,(H2,22,24)(H,25,26,27)/b11-10-. The predicted molar refractivity (Wildman–Crippen MR) is 110 cm³/mol. The molecule has 0 unspecified atom stereocenters. The van der Waals surface area contributed by atoms with Crippen molar-refractivity contribution in [3.8, 4) is 5.75 Å². The molecule has 0 atom stereocenters. The van der Waals surface area contributed by atoms with Crippen LogP contribution in [0.15, 0.2) is 53.7 Å². The highest BCUT2D eigenvalue weighted by Gasteiger charge is 2.05. The van der Waals surface area contributed by atoms with Gasteiger partial charge in [-0.15, -0.1) is 0 Å². The van der Waals surface area contributed by atoms with Crippen LogP contribution in [0, 0.1) is 0 Å². The van der Waals surface area contributed by atoms with Gasteiger partial charge in [-0.3, -0.25) is 10.1 Å². The van der Waals surface area contributed by atoms with E-state index in [0.29, 0.717) is 17.5 Å². The highest BCUT2D eigenvalue weighted by Crippen LogP contribution is 2.17. The summed E-state index contributed by atoms with van der Waals surface area (Å²) < 4.78 is 5.79. The molecule has 0 fully saturated rings. The fourth-order valence-electron chi connectivity index (χ4n) is 2.61. The summed E-state index contributed by atoms with van der Waals surface area (Å²) in [7, 11) is 0. The van der Waals surface area contributed by atoms with E-state index in [-0.39, 0.29) is 6.61 Å². The van der Waals surface area contributed by atoms with Gasteiger partial charge in [0.15, 0.2) is 11.6 Å². The van der Waals surface area contributed by atoms with Crippen LogP contribution < -0.4 is 10.5 Å². The molecular formula is C21H24N6O. The van der Waals surface area contributed by atoms with Gasteiger partial charge in [-0.2, -0.15) is 5.10 Å². The molecule has 2 aromatic heterocycles. The van der Waals surface area contributed by atoms with Crippen LogP contribution in [-0.2, 0) is 19.4 Å². The Balaban J connectivity index is 1.61. The van der Waals surface area contributed by atoms with Crippen molar-refractivity contribution in [1.29, 1.82) is 0 Å². The van der Waals surface area contributed by atoms with E-state index >= 15 is 0 Å². The molecule has 0 aliphatic heterocycles. The van der Waals surface area contributed by atoms with E-state index in [0.717, 1.165) is 30.0 Å². The summed E-state index contributed by atoms with van der Waals surface area (Å²) in [4.78, 5) is 13.1. The van der Waals surface area contributed by atoms with Crippen molar-refractivity contribution in [2.75, 3.05) is 0 Å². The molecule has 7 nitrogen and oxygen atoms in total. The zero-order valence-electron chi connectivity index (χ0n) is 16.1. The van der Waals surface area contributed by atoms with Gasteiger partial charge in [-0.05, 0) is 54.8 Å². The molecule has 3 N–H and O–H groups in total. The first-order chi connectivity index (χ1) is 13.7. The van der Waals surface area contributed by atoms with E-state index in [1.54, 1.807) is 18.3 Å². The minimum Gasteiger partial charge on any atom is -0.484 e. The number of ether oxygens (including phenoxy) is 1. The maximum absolute atomic E-state index is 5.98. The third-order valence-corrected chi connectivity index (χ3v) is 4.08. The number of H-pyrrole nitrogens is 1. The normalized spacial score (nSPS) is 11.9. The van der Waals surface area contributed by atoms with E-state index in [1.165, 1.54) is 5.56 Å². The van der Waals surface area contributed by atoms with Crippen LogP contribution in [0.1, 0.15) is 36.8 Å². The molecule has 0 saturated carbocycles. The summed E-state index contributed by atoms with van der Waals surface area (Å²) >= 11 is 0. The third-order valence-electron chi connectivity index (χ3n) is 4.08. The number of benzene rings is 1. The zero-order valence-corrected chi connectivity index (χ0v) is 16.1. The Kier molecular flexibility index (Phi) is 6.51. The molecule has 28 heavy (non-hydrogen) atoms. The van der Waals surface area contributed by atoms with Crippen LogP contribution in [0.25, 0.3) is 6.08 Å². The van der Waals surface area contributed by atoms with Crippen LogP contribution >= 0.6 is 0 Å². The van der Waals surface area contributed by atoms with Crippen molar-refractivity contribution in [2.24, 2.45) is 10.7 Å². The van der Waals surface area contributed by atoms with Crippen molar-refractivity contribution in [3.63, 3.8) is 0 Å². The second kappa shape index (κ2) is 9.45. The monoisotopic (exact) mass is 376 g/mol. The van der Waals surface area contributed by atoms with E-state index in [2.05, 4.69) is 38.1 Å². The molecule has 0 amide bonds. The van der Waals surface area contributed by atoms with Gasteiger partial charge < -0.3 is 10.5 Å². The molecule has 0 radical (unpaired) electrons. The summed E-state index contributed by atoms with van der Waals surface area (Å²) in [6, 6.07) is 11.7. The van der Waals surface area contributed by atoms with Crippen LogP contribution in [0.5, 0.6) is 5.75 Å². The predicted octanol–water partition coefficient (Wildman–Crippen LogP) is 3.61. The van der Waals surface area contributed by atoms with Crippen LogP contribution in [0.4, 0.5) is 5.69 Å². The average Bonchev–Trinajstić information content (AvgIpc) is 3.19. The molecule has 144 valence electrons. The Labute approximate surface area is 164 Å². The van der Waals surface area contributed by atoms with Crippen molar-refractivity contribution < 1.29 is 4.74 Å². The topological polar surface area (TPSA) is 102 Å². The van der Waals surface area contributed by atoms with E-state index in [1.807, 2.05) is 37.3 Å². The number of aromatic amines is 1. The Bertz CT molecular complexity index is 976. The number of nitrogens with zero attached hydrogens (tertiary/aromatic N) is 4. The minimum absolute atomic E-state index is 0.285. The van der Waals surface area contributed by atoms with Gasteiger partial charge in [0.2, 0.25) is 0 Å². The summed E-state index contributed by atoms with van der Waals surface area (Å²) in [6.07, 6.45) is 6.92. The number of nitrogens with one attached hydrogen (secondary N) is 1. The molecule has 0 bridgehead atoms. The van der Waals surface area contributed by atoms with Gasteiger partial charge in [-0.1, -0.05) is 26.0 Å². The first kappa shape index (κ1) is 19.3. The van der Waals surface area contributed by atoms with Crippen LogP contribution in [0.3, 0.4) is 0 Å². The number of hydrogen-bond acceptors (Lipinski definition) is 5. The number of aryl methyl sites for hydroxylation is 2. The van der Waals surface area contributed by atoms with Crippen LogP contribution in [-0.4, -0.2) is 26.0 Å². The smallest absolute Gasteiger partial charge is 0.174 e. The van der Waals surface area contributed by atoms with E-state index in [4.69, 9.17) is 10.5 Å². The van der Waals surface area contributed by atoms with Crippen molar-refractivity contribution in [2.45, 2.75) is 33.3 Å². The fourth-order valence-corrected chi connectivity index (χ4v) is 2.61. The minimum atomic E-state index is 0.285. The van der Waals surface area contributed by atoms with Gasteiger partial charge in [0, 0.05) is 6.20 Å². The number of hydrogen-bond donors (Lipinski definition) is 2. The summed E-state index contributed by atoms with van der Waals surface area (Å²) in [5, 5.41) is 7.01. The maximum Gasteiger partial charge on any atom is 0.174 e. The molecule has 0 aliphatic carbocycles. The molecule has 2 heterocycles. The molecule has 0 aliphatic rings. The average molecular weight is 376 g/mol. The number of rotatable bonds is 8. The van der Waals surface area contributed by atoms with Crippen molar-refractivity contribution in [1.82, 2.24) is 20.2 Å². The third kappa shape index (κ3) is 5.26. The quantitative estimate of drug-likeness (QED) is 0.462. The maximum atomic E-state index is 5.98. The van der Waals surface area contributed by atoms with Gasteiger partial charge in [0.05, 0.1) is 11.4 Å². The Morgan fingerprint density at radius 1 is 1.21 bits per heavy atom. The summed E-state index contributed by atoms with van der Waals surface area (Å²) in [5.74, 6) is 2.28. The second-order valence-electron chi connectivity index (χ2n) is 6.12. The van der Waals surface area contributed by atoms with Crippen LogP contribution in [0.2, 0.25) is 0 Å². The first-order valence-electron chi connectivity index (χ1n) is 9.27. The highest BCUT2D eigenvalue weighted by molar-refractivity contribution is 5.96. The Hall–Kier alpha value is -3.48. The number of aromatic nitrogens is 4. The number of amidine groups is 1. The molecule has 3 aromatic rings. The largest absolute Gasteiger partial charge is 0.484 e. The molecular weight excluding hydrogens is 352 g/mol. The molecule has 0 spiro atoms. The molecule has 0 saturated heterocycles. The number of aliphatic imine (C=N–C) groups is 1. The van der Waals surface area contributed by atoms with Gasteiger partial charge >= 0.3 is 0 Å².